The molecule has 1 saturated heterocycles. The lowest BCUT2D eigenvalue weighted by Crippen LogP contribution is -2.46. The summed E-state index contributed by atoms with van der Waals surface area (Å²) in [4.78, 5) is 12.4. The lowest BCUT2D eigenvalue weighted by molar-refractivity contribution is -0.0804. The Kier molecular flexibility index (Phi) is 3.10. The van der Waals surface area contributed by atoms with Gasteiger partial charge in [0.25, 0.3) is 0 Å². The normalized spacial score (nSPS) is 32.9. The molecule has 5 N–H and O–H groups in total. The van der Waals surface area contributed by atoms with Crippen molar-refractivity contribution in [2.75, 3.05) is 12.3 Å². The largest absolute Gasteiger partial charge is 0.394 e. The van der Waals surface area contributed by atoms with E-state index in [0.717, 1.165) is 0 Å². The molecule has 0 bridgehead atoms. The molecule has 0 saturated carbocycles. The Morgan fingerprint density at radius 3 is 2.81 bits per heavy atom. The fourth-order valence-corrected chi connectivity index (χ4v) is 2.54. The molecular formula is C12H17N5O4. The van der Waals surface area contributed by atoms with E-state index in [9.17, 15) is 15.3 Å². The summed E-state index contributed by atoms with van der Waals surface area (Å²) in [6, 6.07) is 0. The van der Waals surface area contributed by atoms with Crippen LogP contribution in [0.4, 0.5) is 5.82 Å². The van der Waals surface area contributed by atoms with Gasteiger partial charge in [-0.25, -0.2) is 15.0 Å². The molecule has 9 heteroatoms. The molecule has 2 aromatic rings. The minimum atomic E-state index is -1.58. The van der Waals surface area contributed by atoms with Crippen molar-refractivity contribution < 1.29 is 20.1 Å². The van der Waals surface area contributed by atoms with Crippen LogP contribution in [-0.2, 0) is 4.74 Å². The Bertz CT molecular complexity index is 686. The Hall–Kier alpha value is -1.81. The number of anilines is 1. The second-order valence-corrected chi connectivity index (χ2v) is 5.35. The summed E-state index contributed by atoms with van der Waals surface area (Å²) in [5.74, 6) is 0.689. The summed E-state index contributed by atoms with van der Waals surface area (Å²) in [6.45, 7) is 2.68. The number of nitrogen functional groups attached to an aromatic ring is 1. The van der Waals surface area contributed by atoms with Gasteiger partial charge in [-0.2, -0.15) is 0 Å². The van der Waals surface area contributed by atoms with Crippen LogP contribution in [0.15, 0.2) is 6.33 Å². The molecule has 9 nitrogen and oxygen atoms in total. The van der Waals surface area contributed by atoms with Crippen LogP contribution in [0.25, 0.3) is 11.2 Å². The number of rotatable bonds is 2. The first-order chi connectivity index (χ1) is 9.86. The van der Waals surface area contributed by atoms with Crippen LogP contribution in [0.2, 0.25) is 0 Å². The van der Waals surface area contributed by atoms with Crippen molar-refractivity contribution in [3.63, 3.8) is 0 Å². The Balaban J connectivity index is 2.10. The molecule has 3 heterocycles. The lowest BCUT2D eigenvalue weighted by Gasteiger charge is -2.25. The maximum Gasteiger partial charge on any atom is 0.167 e. The average molecular weight is 295 g/mol. The van der Waals surface area contributed by atoms with Crippen molar-refractivity contribution in [3.8, 4) is 0 Å². The Labute approximate surface area is 120 Å². The van der Waals surface area contributed by atoms with E-state index in [1.165, 1.54) is 17.8 Å². The zero-order valence-corrected chi connectivity index (χ0v) is 11.6. The zero-order valence-electron chi connectivity index (χ0n) is 11.6. The summed E-state index contributed by atoms with van der Waals surface area (Å²) in [6.07, 6.45) is -1.66. The first-order valence-electron chi connectivity index (χ1n) is 6.49. The molecule has 4 atom stereocenters. The van der Waals surface area contributed by atoms with Crippen molar-refractivity contribution in [1.29, 1.82) is 0 Å². The smallest absolute Gasteiger partial charge is 0.167 e. The number of fused-ring (bicyclic) bond motifs is 1. The quantitative estimate of drug-likeness (QED) is 0.537. The van der Waals surface area contributed by atoms with Gasteiger partial charge in [-0.3, -0.25) is 4.57 Å². The second kappa shape index (κ2) is 4.60. The van der Waals surface area contributed by atoms with Crippen LogP contribution in [0.3, 0.4) is 0 Å². The van der Waals surface area contributed by atoms with Gasteiger partial charge in [-0.05, 0) is 13.8 Å². The van der Waals surface area contributed by atoms with E-state index in [-0.39, 0.29) is 5.82 Å². The van der Waals surface area contributed by atoms with E-state index in [1.54, 1.807) is 6.92 Å². The van der Waals surface area contributed by atoms with Crippen LogP contribution in [0.5, 0.6) is 0 Å². The zero-order chi connectivity index (χ0) is 15.4. The topological polar surface area (TPSA) is 140 Å². The van der Waals surface area contributed by atoms with Crippen LogP contribution >= 0.6 is 0 Å². The number of hydrogen-bond donors (Lipinski definition) is 4. The van der Waals surface area contributed by atoms with Gasteiger partial charge >= 0.3 is 0 Å². The molecule has 0 aromatic carbocycles. The van der Waals surface area contributed by atoms with E-state index in [4.69, 9.17) is 10.5 Å². The highest BCUT2D eigenvalue weighted by molar-refractivity contribution is 5.81. The van der Waals surface area contributed by atoms with E-state index in [0.29, 0.717) is 17.0 Å². The molecule has 2 aromatic heterocycles. The molecule has 0 spiro atoms. The number of aromatic nitrogens is 4. The number of nitrogens with two attached hydrogens (primary N) is 1. The van der Waals surface area contributed by atoms with Gasteiger partial charge < -0.3 is 25.8 Å². The summed E-state index contributed by atoms with van der Waals surface area (Å²) in [5, 5.41) is 29.8. The maximum absolute atomic E-state index is 10.3. The molecule has 0 unspecified atom stereocenters. The number of ether oxygens (including phenoxy) is 1. The monoisotopic (exact) mass is 295 g/mol. The van der Waals surface area contributed by atoms with Gasteiger partial charge in [-0.15, -0.1) is 0 Å². The lowest BCUT2D eigenvalue weighted by atomic mass is 9.95. The standard InChI is InChI=1S/C12H17N5O4/c1-5-15-9(13)7-10(16-5)17(4-14-7)11-8(19)12(2,20)6(3-18)21-11/h4,6,8,11,18-20H,3H2,1-2H3,(H2,13,15,16)/t6-,8+,11-,12-/m1/s1. The third kappa shape index (κ3) is 1.97. The van der Waals surface area contributed by atoms with Gasteiger partial charge in [0.1, 0.15) is 29.2 Å². The number of aryl methyl sites for hydroxylation is 1. The highest BCUT2D eigenvalue weighted by Gasteiger charge is 2.52. The molecule has 1 aliphatic heterocycles. The molecule has 0 amide bonds. The van der Waals surface area contributed by atoms with Gasteiger partial charge in [-0.1, -0.05) is 0 Å². The summed E-state index contributed by atoms with van der Waals surface area (Å²) >= 11 is 0. The molecule has 3 rings (SSSR count). The first-order valence-corrected chi connectivity index (χ1v) is 6.49. The van der Waals surface area contributed by atoms with Crippen molar-refractivity contribution in [2.24, 2.45) is 0 Å². The van der Waals surface area contributed by atoms with Crippen LogP contribution in [-0.4, -0.2) is 59.3 Å². The number of nitrogens with zero attached hydrogens (tertiary/aromatic N) is 4. The molecule has 1 aliphatic rings. The Morgan fingerprint density at radius 1 is 1.48 bits per heavy atom. The number of hydrogen-bond acceptors (Lipinski definition) is 8. The summed E-state index contributed by atoms with van der Waals surface area (Å²) in [5.41, 5.74) is 5.00. The van der Waals surface area contributed by atoms with Crippen molar-refractivity contribution in [2.45, 2.75) is 37.9 Å². The number of aliphatic hydroxyl groups excluding tert-OH is 2. The minimum absolute atomic E-state index is 0.231. The van der Waals surface area contributed by atoms with E-state index >= 15 is 0 Å². The van der Waals surface area contributed by atoms with Crippen LogP contribution < -0.4 is 5.73 Å². The third-order valence-corrected chi connectivity index (χ3v) is 3.82. The predicted molar refractivity (Wildman–Crippen MR) is 72.1 cm³/mol. The molecule has 21 heavy (non-hydrogen) atoms. The molecule has 1 fully saturated rings. The molecular weight excluding hydrogens is 278 g/mol. The number of imidazole rings is 1. The van der Waals surface area contributed by atoms with Gasteiger partial charge in [0.2, 0.25) is 0 Å². The molecule has 114 valence electrons. The fraction of sp³-hybridized carbons (Fsp3) is 0.583. The first kappa shape index (κ1) is 14.1. The van der Waals surface area contributed by atoms with Gasteiger partial charge in [0.15, 0.2) is 17.7 Å². The maximum atomic E-state index is 10.3. The molecule has 0 radical (unpaired) electrons. The van der Waals surface area contributed by atoms with Crippen molar-refractivity contribution in [3.05, 3.63) is 12.2 Å². The highest BCUT2D eigenvalue weighted by atomic mass is 16.6. The summed E-state index contributed by atoms with van der Waals surface area (Å²) < 4.78 is 7.02. The summed E-state index contributed by atoms with van der Waals surface area (Å²) in [7, 11) is 0. The van der Waals surface area contributed by atoms with Gasteiger partial charge in [0.05, 0.1) is 12.9 Å². The minimum Gasteiger partial charge on any atom is -0.394 e. The van der Waals surface area contributed by atoms with E-state index in [2.05, 4.69) is 15.0 Å². The fourth-order valence-electron chi connectivity index (χ4n) is 2.54. The van der Waals surface area contributed by atoms with E-state index in [1.807, 2.05) is 0 Å². The SMILES string of the molecule is Cc1nc(N)c2ncn([C@@H]3O[C@H](CO)[C@@](C)(O)[C@H]3O)c2n1. The Morgan fingerprint density at radius 2 is 2.19 bits per heavy atom. The van der Waals surface area contributed by atoms with Crippen molar-refractivity contribution >= 4 is 17.0 Å². The third-order valence-electron chi connectivity index (χ3n) is 3.82. The molecule has 0 aliphatic carbocycles. The average Bonchev–Trinajstić information content (AvgIpc) is 2.91. The number of aliphatic hydroxyl groups is 3. The predicted octanol–water partition coefficient (Wildman–Crippen LogP) is -1.28. The van der Waals surface area contributed by atoms with Crippen molar-refractivity contribution in [1.82, 2.24) is 19.5 Å². The highest BCUT2D eigenvalue weighted by Crippen LogP contribution is 2.38. The van der Waals surface area contributed by atoms with Crippen LogP contribution in [0.1, 0.15) is 19.0 Å². The van der Waals surface area contributed by atoms with E-state index < -0.39 is 30.6 Å². The second-order valence-electron chi connectivity index (χ2n) is 5.35. The van der Waals surface area contributed by atoms with Crippen LogP contribution in [0, 0.1) is 6.92 Å². The van der Waals surface area contributed by atoms with Gasteiger partial charge in [0, 0.05) is 0 Å².